The first-order chi connectivity index (χ1) is 7.09. The van der Waals surface area contributed by atoms with E-state index in [2.05, 4.69) is 0 Å². The standard InChI is InChI=1S/C11H12N2O2/c1-6-2-3-9(12)7(4-6)8-5-15-11(14)10(8)13/h2-4,8,13H,5,12H2,1H3/t8-/m0/s1. The fourth-order valence-corrected chi connectivity index (χ4v) is 1.70. The van der Waals surface area contributed by atoms with Gasteiger partial charge >= 0.3 is 5.97 Å². The molecule has 1 aliphatic heterocycles. The van der Waals surface area contributed by atoms with E-state index in [1.807, 2.05) is 19.1 Å². The van der Waals surface area contributed by atoms with Crippen LogP contribution in [-0.4, -0.2) is 18.3 Å². The first-order valence-electron chi connectivity index (χ1n) is 4.71. The van der Waals surface area contributed by atoms with Gasteiger partial charge in [-0.3, -0.25) is 5.41 Å². The molecule has 3 N–H and O–H groups in total. The molecule has 0 unspecified atom stereocenters. The molecule has 0 radical (unpaired) electrons. The van der Waals surface area contributed by atoms with E-state index in [9.17, 15) is 4.79 Å². The Morgan fingerprint density at radius 1 is 1.53 bits per heavy atom. The number of carbonyl (C=O) groups excluding carboxylic acids is 1. The molecule has 0 aliphatic carbocycles. The van der Waals surface area contributed by atoms with Gasteiger partial charge in [-0.05, 0) is 18.6 Å². The van der Waals surface area contributed by atoms with Gasteiger partial charge in [0.25, 0.3) is 0 Å². The zero-order valence-electron chi connectivity index (χ0n) is 8.41. The third-order valence-electron chi connectivity index (χ3n) is 2.57. The van der Waals surface area contributed by atoms with Gasteiger partial charge in [-0.2, -0.15) is 0 Å². The largest absolute Gasteiger partial charge is 0.460 e. The van der Waals surface area contributed by atoms with E-state index < -0.39 is 5.97 Å². The topological polar surface area (TPSA) is 76.2 Å². The molecule has 1 aliphatic rings. The third kappa shape index (κ3) is 1.58. The molecule has 78 valence electrons. The van der Waals surface area contributed by atoms with Crippen LogP contribution in [0.5, 0.6) is 0 Å². The minimum Gasteiger partial charge on any atom is -0.460 e. The van der Waals surface area contributed by atoms with Crippen LogP contribution >= 0.6 is 0 Å². The summed E-state index contributed by atoms with van der Waals surface area (Å²) in [4.78, 5) is 11.1. The molecule has 1 heterocycles. The Hall–Kier alpha value is -1.84. The van der Waals surface area contributed by atoms with Crippen LogP contribution < -0.4 is 5.73 Å². The average Bonchev–Trinajstić information content (AvgIpc) is 2.52. The van der Waals surface area contributed by atoms with E-state index in [-0.39, 0.29) is 18.2 Å². The number of hydrogen-bond donors (Lipinski definition) is 2. The molecular formula is C11H12N2O2. The van der Waals surface area contributed by atoms with Gasteiger partial charge in [-0.25, -0.2) is 4.79 Å². The van der Waals surface area contributed by atoms with E-state index in [1.165, 1.54) is 0 Å². The van der Waals surface area contributed by atoms with Crippen molar-refractivity contribution in [2.75, 3.05) is 12.3 Å². The lowest BCUT2D eigenvalue weighted by atomic mass is 9.94. The van der Waals surface area contributed by atoms with Crippen molar-refractivity contribution in [1.82, 2.24) is 0 Å². The maximum absolute atomic E-state index is 11.1. The SMILES string of the molecule is Cc1ccc(N)c([C@@H]2COC(=O)C2=N)c1. The van der Waals surface area contributed by atoms with E-state index in [0.29, 0.717) is 5.69 Å². The monoisotopic (exact) mass is 204 g/mol. The summed E-state index contributed by atoms with van der Waals surface area (Å²) in [7, 11) is 0. The van der Waals surface area contributed by atoms with Gasteiger partial charge in [0, 0.05) is 5.69 Å². The molecule has 4 nitrogen and oxygen atoms in total. The first-order valence-corrected chi connectivity index (χ1v) is 4.71. The minimum absolute atomic E-state index is 0.00713. The Morgan fingerprint density at radius 3 is 2.87 bits per heavy atom. The van der Waals surface area contributed by atoms with E-state index in [0.717, 1.165) is 11.1 Å². The van der Waals surface area contributed by atoms with Crippen LogP contribution in [0.15, 0.2) is 18.2 Å². The lowest BCUT2D eigenvalue weighted by Gasteiger charge is -2.10. The molecule has 0 saturated carbocycles. The van der Waals surface area contributed by atoms with Crippen LogP contribution in [-0.2, 0) is 9.53 Å². The normalized spacial score (nSPS) is 20.5. The predicted molar refractivity (Wildman–Crippen MR) is 57.0 cm³/mol. The molecule has 2 rings (SSSR count). The lowest BCUT2D eigenvalue weighted by Crippen LogP contribution is -2.13. The summed E-state index contributed by atoms with van der Waals surface area (Å²) in [5.74, 6) is -0.849. The lowest BCUT2D eigenvalue weighted by molar-refractivity contribution is -0.132. The van der Waals surface area contributed by atoms with Gasteiger partial charge in [-0.1, -0.05) is 17.7 Å². The number of hydrogen-bond acceptors (Lipinski definition) is 4. The Morgan fingerprint density at radius 2 is 2.27 bits per heavy atom. The number of carbonyl (C=O) groups is 1. The number of benzene rings is 1. The van der Waals surface area contributed by atoms with Gasteiger partial charge in [0.15, 0.2) is 0 Å². The van der Waals surface area contributed by atoms with Crippen molar-refractivity contribution < 1.29 is 9.53 Å². The number of esters is 1. The van der Waals surface area contributed by atoms with Crippen molar-refractivity contribution in [2.45, 2.75) is 12.8 Å². The van der Waals surface area contributed by atoms with Crippen LogP contribution in [0.2, 0.25) is 0 Å². The molecule has 0 bridgehead atoms. The summed E-state index contributed by atoms with van der Waals surface area (Å²) in [5, 5.41) is 7.59. The highest BCUT2D eigenvalue weighted by molar-refractivity contribution is 6.39. The second-order valence-corrected chi connectivity index (χ2v) is 3.70. The van der Waals surface area contributed by atoms with Crippen molar-refractivity contribution in [3.8, 4) is 0 Å². The number of cyclic esters (lactones) is 1. The third-order valence-corrected chi connectivity index (χ3v) is 2.57. The Balaban J connectivity index is 2.42. The zero-order chi connectivity index (χ0) is 11.0. The fourth-order valence-electron chi connectivity index (χ4n) is 1.70. The van der Waals surface area contributed by atoms with Crippen molar-refractivity contribution in [2.24, 2.45) is 0 Å². The molecule has 1 fully saturated rings. The summed E-state index contributed by atoms with van der Waals surface area (Å²) in [6.45, 7) is 2.18. The number of nitrogen functional groups attached to an aromatic ring is 1. The Labute approximate surface area is 87.6 Å². The summed E-state index contributed by atoms with van der Waals surface area (Å²) in [5.41, 5.74) is 8.28. The molecule has 4 heteroatoms. The first kappa shape index (κ1) is 9.71. The molecule has 1 aromatic carbocycles. The van der Waals surface area contributed by atoms with Crippen LogP contribution in [0.3, 0.4) is 0 Å². The van der Waals surface area contributed by atoms with Crippen LogP contribution in [0.1, 0.15) is 17.0 Å². The number of ether oxygens (including phenoxy) is 1. The highest BCUT2D eigenvalue weighted by atomic mass is 16.5. The fraction of sp³-hybridized carbons (Fsp3) is 0.273. The van der Waals surface area contributed by atoms with Gasteiger partial charge in [-0.15, -0.1) is 0 Å². The van der Waals surface area contributed by atoms with E-state index >= 15 is 0 Å². The van der Waals surface area contributed by atoms with Crippen molar-refractivity contribution in [1.29, 1.82) is 5.41 Å². The molecule has 0 aromatic heterocycles. The highest BCUT2D eigenvalue weighted by Gasteiger charge is 2.33. The van der Waals surface area contributed by atoms with Crippen molar-refractivity contribution in [3.05, 3.63) is 29.3 Å². The van der Waals surface area contributed by atoms with Crippen molar-refractivity contribution in [3.63, 3.8) is 0 Å². The maximum atomic E-state index is 11.1. The summed E-state index contributed by atoms with van der Waals surface area (Å²) in [6.07, 6.45) is 0. The zero-order valence-corrected chi connectivity index (χ0v) is 8.41. The smallest absolute Gasteiger partial charge is 0.352 e. The van der Waals surface area contributed by atoms with Gasteiger partial charge in [0.1, 0.15) is 12.3 Å². The van der Waals surface area contributed by atoms with Crippen LogP contribution in [0, 0.1) is 12.3 Å². The summed E-state index contributed by atoms with van der Waals surface area (Å²) in [6, 6.07) is 5.59. The van der Waals surface area contributed by atoms with E-state index in [1.54, 1.807) is 6.07 Å². The molecule has 0 spiro atoms. The molecular weight excluding hydrogens is 192 g/mol. The Bertz CT molecular complexity index is 440. The van der Waals surface area contributed by atoms with E-state index in [4.69, 9.17) is 15.9 Å². The highest BCUT2D eigenvalue weighted by Crippen LogP contribution is 2.28. The van der Waals surface area contributed by atoms with Gasteiger partial charge < -0.3 is 10.5 Å². The number of rotatable bonds is 1. The van der Waals surface area contributed by atoms with Crippen molar-refractivity contribution >= 4 is 17.4 Å². The number of anilines is 1. The summed E-state index contributed by atoms with van der Waals surface area (Å²) >= 11 is 0. The second-order valence-electron chi connectivity index (χ2n) is 3.70. The second kappa shape index (κ2) is 3.38. The van der Waals surface area contributed by atoms with Gasteiger partial charge in [0.05, 0.1) is 5.92 Å². The number of nitrogens with two attached hydrogens (primary N) is 1. The molecule has 1 aromatic rings. The average molecular weight is 204 g/mol. The van der Waals surface area contributed by atoms with Crippen LogP contribution in [0.4, 0.5) is 5.69 Å². The van der Waals surface area contributed by atoms with Gasteiger partial charge in [0.2, 0.25) is 0 Å². The quantitative estimate of drug-likeness (QED) is 0.533. The Kier molecular flexibility index (Phi) is 2.19. The molecule has 15 heavy (non-hydrogen) atoms. The van der Waals surface area contributed by atoms with Crippen LogP contribution in [0.25, 0.3) is 0 Å². The predicted octanol–water partition coefficient (Wildman–Crippen LogP) is 1.24. The number of aryl methyl sites for hydroxylation is 1. The molecule has 0 amide bonds. The molecule has 1 atom stereocenters. The number of nitrogens with one attached hydrogen (secondary N) is 1. The molecule has 1 saturated heterocycles. The minimum atomic E-state index is -0.541. The summed E-state index contributed by atoms with van der Waals surface area (Å²) < 4.78 is 4.81. The maximum Gasteiger partial charge on any atom is 0.352 e.